The Morgan fingerprint density at radius 1 is 1.33 bits per heavy atom. The lowest BCUT2D eigenvalue weighted by Gasteiger charge is -2.32. The topological polar surface area (TPSA) is 61.4 Å². The normalized spacial score (nSPS) is 26.9. The summed E-state index contributed by atoms with van der Waals surface area (Å²) < 4.78 is 28.5. The van der Waals surface area contributed by atoms with E-state index in [1.54, 1.807) is 6.07 Å². The number of thiophene rings is 1. The summed E-state index contributed by atoms with van der Waals surface area (Å²) >= 11 is 1.31. The number of nitrogens with one attached hydrogen (secondary N) is 2. The smallest absolute Gasteiger partial charge is 0.250 e. The van der Waals surface area contributed by atoms with E-state index in [9.17, 15) is 8.42 Å². The predicted octanol–water partition coefficient (Wildman–Crippen LogP) is 1.37. The minimum absolute atomic E-state index is 0.0742. The maximum Gasteiger partial charge on any atom is 0.250 e. The van der Waals surface area contributed by atoms with Crippen LogP contribution in [0.3, 0.4) is 0 Å². The molecular formula is C14H23N3O2S2. The van der Waals surface area contributed by atoms with Gasteiger partial charge in [0.1, 0.15) is 4.21 Å². The Kier molecular flexibility index (Phi) is 4.66. The van der Waals surface area contributed by atoms with E-state index >= 15 is 0 Å². The molecule has 0 amide bonds. The lowest BCUT2D eigenvalue weighted by Crippen LogP contribution is -2.46. The first-order chi connectivity index (χ1) is 10.1. The molecule has 0 aromatic carbocycles. The van der Waals surface area contributed by atoms with Gasteiger partial charge in [-0.05, 0) is 49.9 Å². The summed E-state index contributed by atoms with van der Waals surface area (Å²) in [6.45, 7) is 2.84. The van der Waals surface area contributed by atoms with Crippen molar-refractivity contribution in [3.05, 3.63) is 17.0 Å². The minimum atomic E-state index is -3.38. The molecule has 3 heterocycles. The van der Waals surface area contributed by atoms with Crippen molar-refractivity contribution in [3.63, 3.8) is 0 Å². The highest BCUT2D eigenvalue weighted by molar-refractivity contribution is 7.91. The zero-order chi connectivity index (χ0) is 14.9. The molecule has 118 valence electrons. The van der Waals surface area contributed by atoms with E-state index in [1.807, 2.05) is 12.4 Å². The van der Waals surface area contributed by atoms with Crippen molar-refractivity contribution in [3.8, 4) is 0 Å². The third-order valence-electron chi connectivity index (χ3n) is 4.44. The Bertz CT molecular complexity index is 585. The van der Waals surface area contributed by atoms with E-state index in [0.29, 0.717) is 16.8 Å². The molecule has 0 saturated carbocycles. The van der Waals surface area contributed by atoms with Crippen LogP contribution in [0.5, 0.6) is 0 Å². The maximum atomic E-state index is 12.5. The second-order valence-electron chi connectivity index (χ2n) is 5.92. The number of hydrogen-bond donors (Lipinski definition) is 2. The van der Waals surface area contributed by atoms with Crippen LogP contribution in [0, 0.1) is 0 Å². The van der Waals surface area contributed by atoms with Gasteiger partial charge in [0.15, 0.2) is 0 Å². The molecular weight excluding hydrogens is 306 g/mol. The fourth-order valence-corrected chi connectivity index (χ4v) is 5.96. The van der Waals surface area contributed by atoms with Gasteiger partial charge in [-0.15, -0.1) is 11.3 Å². The van der Waals surface area contributed by atoms with Gasteiger partial charge < -0.3 is 5.32 Å². The van der Waals surface area contributed by atoms with Crippen molar-refractivity contribution in [2.75, 3.05) is 20.1 Å². The molecule has 2 N–H and O–H groups in total. The van der Waals surface area contributed by atoms with Crippen molar-refractivity contribution in [2.24, 2.45) is 0 Å². The Morgan fingerprint density at radius 2 is 2.19 bits per heavy atom. The molecule has 2 fully saturated rings. The van der Waals surface area contributed by atoms with Crippen molar-refractivity contribution >= 4 is 21.4 Å². The Hall–Kier alpha value is -0.470. The van der Waals surface area contributed by atoms with Crippen LogP contribution in [0.4, 0.5) is 0 Å². The zero-order valence-corrected chi connectivity index (χ0v) is 14.0. The summed E-state index contributed by atoms with van der Waals surface area (Å²) in [6, 6.07) is 2.24. The van der Waals surface area contributed by atoms with Gasteiger partial charge in [-0.2, -0.15) is 0 Å². The number of sulfonamides is 1. The van der Waals surface area contributed by atoms with Gasteiger partial charge >= 0.3 is 0 Å². The number of rotatable bonds is 5. The highest BCUT2D eigenvalue weighted by Gasteiger charge is 2.37. The van der Waals surface area contributed by atoms with E-state index in [4.69, 9.17) is 0 Å². The summed E-state index contributed by atoms with van der Waals surface area (Å²) in [4.78, 5) is 2.44. The second kappa shape index (κ2) is 6.34. The van der Waals surface area contributed by atoms with Crippen LogP contribution in [0.25, 0.3) is 0 Å². The number of piperidine rings is 1. The SMILES string of the molecule is CNCc1csc(S(=O)(=O)NC2CCN3CCCCC23)c1. The van der Waals surface area contributed by atoms with Gasteiger partial charge in [-0.1, -0.05) is 6.42 Å². The second-order valence-corrected chi connectivity index (χ2v) is 8.77. The fourth-order valence-electron chi connectivity index (χ4n) is 3.43. The van der Waals surface area contributed by atoms with Crippen molar-refractivity contribution in [2.45, 2.75) is 48.5 Å². The summed E-state index contributed by atoms with van der Waals surface area (Å²) in [7, 11) is -1.52. The lowest BCUT2D eigenvalue weighted by atomic mass is 10.00. The highest BCUT2D eigenvalue weighted by atomic mass is 32.2. The van der Waals surface area contributed by atoms with Gasteiger partial charge in [-0.25, -0.2) is 13.1 Å². The molecule has 0 aliphatic carbocycles. The Labute approximate surface area is 130 Å². The van der Waals surface area contributed by atoms with Crippen molar-refractivity contribution in [1.29, 1.82) is 0 Å². The number of fused-ring (bicyclic) bond motifs is 1. The number of nitrogens with zero attached hydrogens (tertiary/aromatic N) is 1. The summed E-state index contributed by atoms with van der Waals surface area (Å²) in [5.41, 5.74) is 1.02. The molecule has 5 nitrogen and oxygen atoms in total. The van der Waals surface area contributed by atoms with Crippen LogP contribution in [0.1, 0.15) is 31.2 Å². The monoisotopic (exact) mass is 329 g/mol. The van der Waals surface area contributed by atoms with E-state index in [0.717, 1.165) is 31.5 Å². The van der Waals surface area contributed by atoms with Crippen LogP contribution >= 0.6 is 11.3 Å². The highest BCUT2D eigenvalue weighted by Crippen LogP contribution is 2.29. The lowest BCUT2D eigenvalue weighted by molar-refractivity contribution is 0.186. The van der Waals surface area contributed by atoms with Crippen molar-refractivity contribution in [1.82, 2.24) is 14.9 Å². The Morgan fingerprint density at radius 3 is 3.00 bits per heavy atom. The first-order valence-corrected chi connectivity index (χ1v) is 9.95. The summed E-state index contributed by atoms with van der Waals surface area (Å²) in [5, 5.41) is 4.95. The first-order valence-electron chi connectivity index (χ1n) is 7.58. The van der Waals surface area contributed by atoms with E-state index in [-0.39, 0.29) is 6.04 Å². The van der Waals surface area contributed by atoms with Gasteiger partial charge in [0, 0.05) is 25.2 Å². The molecule has 2 atom stereocenters. The van der Waals surface area contributed by atoms with Crippen LogP contribution in [0.2, 0.25) is 0 Å². The molecule has 1 aromatic rings. The maximum absolute atomic E-state index is 12.5. The first kappa shape index (κ1) is 15.4. The Balaban J connectivity index is 1.70. The van der Waals surface area contributed by atoms with E-state index < -0.39 is 10.0 Å². The zero-order valence-electron chi connectivity index (χ0n) is 12.3. The van der Waals surface area contributed by atoms with Crippen molar-refractivity contribution < 1.29 is 8.42 Å². The molecule has 1 aromatic heterocycles. The van der Waals surface area contributed by atoms with Crippen LogP contribution in [-0.4, -0.2) is 45.5 Å². The van der Waals surface area contributed by atoms with Crippen LogP contribution < -0.4 is 10.0 Å². The molecule has 0 bridgehead atoms. The summed E-state index contributed by atoms with van der Waals surface area (Å²) in [5.74, 6) is 0. The van der Waals surface area contributed by atoms with Crippen LogP contribution in [-0.2, 0) is 16.6 Å². The third-order valence-corrected chi connectivity index (χ3v) is 7.42. The quantitative estimate of drug-likeness (QED) is 0.857. The van der Waals surface area contributed by atoms with E-state index in [1.165, 1.54) is 24.2 Å². The molecule has 3 rings (SSSR count). The van der Waals surface area contributed by atoms with E-state index in [2.05, 4.69) is 14.9 Å². The van der Waals surface area contributed by atoms with Crippen LogP contribution in [0.15, 0.2) is 15.7 Å². The summed E-state index contributed by atoms with van der Waals surface area (Å²) in [6.07, 6.45) is 4.50. The molecule has 0 spiro atoms. The third kappa shape index (κ3) is 3.32. The minimum Gasteiger partial charge on any atom is -0.316 e. The van der Waals surface area contributed by atoms with Gasteiger partial charge in [-0.3, -0.25) is 4.90 Å². The molecule has 2 unspecified atom stereocenters. The predicted molar refractivity (Wildman–Crippen MR) is 85.0 cm³/mol. The number of hydrogen-bond acceptors (Lipinski definition) is 5. The van der Waals surface area contributed by atoms with Gasteiger partial charge in [0.25, 0.3) is 0 Å². The molecule has 0 radical (unpaired) electrons. The standard InChI is InChI=1S/C14H23N3O2S2/c1-15-9-11-8-14(20-10-11)21(18,19)16-12-5-7-17-6-3-2-4-13(12)17/h8,10,12-13,15-16H,2-7,9H2,1H3. The molecule has 2 aliphatic heterocycles. The molecule has 21 heavy (non-hydrogen) atoms. The molecule has 2 saturated heterocycles. The molecule has 2 aliphatic rings. The van der Waals surface area contributed by atoms with Gasteiger partial charge in [0.2, 0.25) is 10.0 Å². The largest absolute Gasteiger partial charge is 0.316 e. The fraction of sp³-hybridized carbons (Fsp3) is 0.714. The molecule has 7 heteroatoms. The average molecular weight is 329 g/mol. The average Bonchev–Trinajstić information content (AvgIpc) is 3.07. The van der Waals surface area contributed by atoms with Gasteiger partial charge in [0.05, 0.1) is 0 Å².